The molecule has 1 amide bonds. The van der Waals surface area contributed by atoms with E-state index in [2.05, 4.69) is 15.5 Å². The van der Waals surface area contributed by atoms with Crippen LogP contribution in [0.1, 0.15) is 36.1 Å². The maximum Gasteiger partial charge on any atom is 0.287 e. The Labute approximate surface area is 121 Å². The van der Waals surface area contributed by atoms with Crippen molar-refractivity contribution in [3.05, 3.63) is 29.6 Å². The summed E-state index contributed by atoms with van der Waals surface area (Å²) in [6, 6.07) is 2.53. The van der Waals surface area contributed by atoms with Crippen molar-refractivity contribution in [3.8, 4) is 0 Å². The number of aryl methyl sites for hydroxylation is 1. The summed E-state index contributed by atoms with van der Waals surface area (Å²) in [7, 11) is -3.49. The van der Waals surface area contributed by atoms with Gasteiger partial charge in [-0.2, -0.15) is 4.98 Å². The molecule has 0 saturated carbocycles. The minimum Gasteiger partial charge on any atom is -0.440 e. The van der Waals surface area contributed by atoms with Crippen LogP contribution in [0.3, 0.4) is 0 Å². The molecule has 8 nitrogen and oxygen atoms in total. The maximum absolute atomic E-state index is 12.1. The Balaban J connectivity index is 2.20. The van der Waals surface area contributed by atoms with Crippen LogP contribution >= 0.6 is 0 Å². The monoisotopic (exact) mass is 313 g/mol. The molecular weight excluding hydrogens is 298 g/mol. The van der Waals surface area contributed by atoms with Crippen molar-refractivity contribution in [1.29, 1.82) is 0 Å². The van der Waals surface area contributed by atoms with Gasteiger partial charge in [-0.1, -0.05) is 5.16 Å². The zero-order chi connectivity index (χ0) is 15.8. The molecule has 0 spiro atoms. The molecule has 0 bridgehead atoms. The fraction of sp³-hybridized carbons (Fsp3) is 0.417. The normalized spacial score (nSPS) is 12.4. The van der Waals surface area contributed by atoms with Gasteiger partial charge in [0, 0.05) is 13.2 Å². The number of carbonyl (C=O) groups excluding carboxylic acids is 1. The predicted octanol–water partition coefficient (Wildman–Crippen LogP) is 1.04. The Morgan fingerprint density at radius 2 is 2.00 bits per heavy atom. The van der Waals surface area contributed by atoms with E-state index < -0.39 is 21.3 Å². The van der Waals surface area contributed by atoms with E-state index in [4.69, 9.17) is 8.94 Å². The smallest absolute Gasteiger partial charge is 0.287 e. The Morgan fingerprint density at radius 3 is 2.48 bits per heavy atom. The Morgan fingerprint density at radius 1 is 1.33 bits per heavy atom. The number of hydrogen-bond acceptors (Lipinski definition) is 7. The number of rotatable bonds is 4. The largest absolute Gasteiger partial charge is 0.440 e. The number of carbonyl (C=O) groups is 1. The Hall–Kier alpha value is -2.16. The average molecular weight is 313 g/mol. The molecule has 9 heteroatoms. The van der Waals surface area contributed by atoms with Gasteiger partial charge < -0.3 is 14.3 Å². The van der Waals surface area contributed by atoms with Gasteiger partial charge in [-0.15, -0.1) is 0 Å². The number of nitrogens with zero attached hydrogens (tertiary/aromatic N) is 2. The molecule has 2 rings (SSSR count). The van der Waals surface area contributed by atoms with Crippen molar-refractivity contribution in [2.75, 3.05) is 6.26 Å². The van der Waals surface area contributed by atoms with Crippen molar-refractivity contribution in [1.82, 2.24) is 15.5 Å². The summed E-state index contributed by atoms with van der Waals surface area (Å²) >= 11 is 0. The molecule has 0 unspecified atom stereocenters. The van der Waals surface area contributed by atoms with E-state index in [0.29, 0.717) is 11.7 Å². The molecular formula is C12H15N3O5S. The van der Waals surface area contributed by atoms with E-state index in [1.165, 1.54) is 12.1 Å². The lowest BCUT2D eigenvalue weighted by atomic mass is 10.0. The van der Waals surface area contributed by atoms with E-state index in [1.807, 2.05) is 0 Å². The molecule has 2 aromatic rings. The quantitative estimate of drug-likeness (QED) is 0.896. The van der Waals surface area contributed by atoms with Crippen LogP contribution in [-0.2, 0) is 15.4 Å². The van der Waals surface area contributed by atoms with Crippen molar-refractivity contribution in [3.63, 3.8) is 0 Å². The molecule has 0 atom stereocenters. The summed E-state index contributed by atoms with van der Waals surface area (Å²) in [6.07, 6.45) is 1.000. The van der Waals surface area contributed by atoms with Crippen LogP contribution in [0.25, 0.3) is 0 Å². The molecule has 0 fully saturated rings. The molecule has 0 aliphatic carbocycles. The number of amides is 1. The fourth-order valence-electron chi connectivity index (χ4n) is 1.60. The van der Waals surface area contributed by atoms with Gasteiger partial charge in [-0.25, -0.2) is 8.42 Å². The zero-order valence-electron chi connectivity index (χ0n) is 12.0. The molecule has 0 radical (unpaired) electrons. The van der Waals surface area contributed by atoms with E-state index >= 15 is 0 Å². The van der Waals surface area contributed by atoms with E-state index in [-0.39, 0.29) is 10.9 Å². The van der Waals surface area contributed by atoms with Crippen LogP contribution in [0.4, 0.5) is 0 Å². The first kappa shape index (κ1) is 15.2. The Kier molecular flexibility index (Phi) is 3.62. The maximum atomic E-state index is 12.1. The predicted molar refractivity (Wildman–Crippen MR) is 71.3 cm³/mol. The highest BCUT2D eigenvalue weighted by Gasteiger charge is 2.30. The molecule has 2 heterocycles. The van der Waals surface area contributed by atoms with Crippen molar-refractivity contribution >= 4 is 15.7 Å². The lowest BCUT2D eigenvalue weighted by Crippen LogP contribution is -2.41. The molecule has 21 heavy (non-hydrogen) atoms. The van der Waals surface area contributed by atoms with Gasteiger partial charge in [0.05, 0.1) is 5.54 Å². The first-order valence-corrected chi connectivity index (χ1v) is 7.92. The first-order valence-electron chi connectivity index (χ1n) is 6.03. The van der Waals surface area contributed by atoms with Gasteiger partial charge in [-0.05, 0) is 26.0 Å². The lowest BCUT2D eigenvalue weighted by Gasteiger charge is -2.21. The topological polar surface area (TPSA) is 115 Å². The second kappa shape index (κ2) is 4.99. The average Bonchev–Trinajstić information content (AvgIpc) is 2.95. The number of furan rings is 1. The third-order valence-electron chi connectivity index (χ3n) is 2.68. The van der Waals surface area contributed by atoms with Gasteiger partial charge >= 0.3 is 0 Å². The van der Waals surface area contributed by atoms with E-state index in [1.54, 1.807) is 20.8 Å². The minimum absolute atomic E-state index is 0.108. The van der Waals surface area contributed by atoms with Crippen LogP contribution in [0, 0.1) is 6.92 Å². The standard InChI is InChI=1S/C12H15N3O5S/c1-7-13-11(15-20-7)12(2,3)14-10(16)8-5-6-9(19-8)21(4,17)18/h5-6H,1-4H3,(H,14,16). The van der Waals surface area contributed by atoms with Crippen molar-refractivity contribution in [2.45, 2.75) is 31.4 Å². The van der Waals surface area contributed by atoms with Crippen LogP contribution in [0.15, 0.2) is 26.2 Å². The second-order valence-electron chi connectivity index (χ2n) is 5.11. The highest BCUT2D eigenvalue weighted by atomic mass is 32.2. The molecule has 114 valence electrons. The fourth-order valence-corrected chi connectivity index (χ4v) is 2.15. The summed E-state index contributed by atoms with van der Waals surface area (Å²) in [5.41, 5.74) is -0.896. The number of nitrogens with one attached hydrogen (secondary N) is 1. The molecule has 0 aromatic carbocycles. The third-order valence-corrected chi connectivity index (χ3v) is 3.63. The molecule has 1 N–H and O–H groups in total. The first-order chi connectivity index (χ1) is 9.59. The van der Waals surface area contributed by atoms with Crippen LogP contribution in [0.5, 0.6) is 0 Å². The van der Waals surface area contributed by atoms with E-state index in [9.17, 15) is 13.2 Å². The van der Waals surface area contributed by atoms with Crippen molar-refractivity contribution in [2.24, 2.45) is 0 Å². The third kappa shape index (κ3) is 3.30. The number of sulfone groups is 1. The zero-order valence-corrected chi connectivity index (χ0v) is 12.8. The number of aromatic nitrogens is 2. The minimum atomic E-state index is -3.49. The second-order valence-corrected chi connectivity index (χ2v) is 7.05. The van der Waals surface area contributed by atoms with E-state index in [0.717, 1.165) is 6.26 Å². The van der Waals surface area contributed by atoms with Crippen LogP contribution < -0.4 is 5.32 Å². The van der Waals surface area contributed by atoms with Gasteiger partial charge in [0.25, 0.3) is 5.91 Å². The summed E-state index contributed by atoms with van der Waals surface area (Å²) in [5.74, 6) is 0.00833. The van der Waals surface area contributed by atoms with Crippen LogP contribution in [0.2, 0.25) is 0 Å². The van der Waals surface area contributed by atoms with Gasteiger partial charge in [0.2, 0.25) is 20.8 Å². The summed E-state index contributed by atoms with van der Waals surface area (Å²) in [6.45, 7) is 5.02. The van der Waals surface area contributed by atoms with Gasteiger partial charge in [0.1, 0.15) is 0 Å². The summed E-state index contributed by atoms with van der Waals surface area (Å²) in [4.78, 5) is 16.1. The summed E-state index contributed by atoms with van der Waals surface area (Å²) in [5, 5.41) is 6.14. The lowest BCUT2D eigenvalue weighted by molar-refractivity contribution is 0.0873. The summed E-state index contributed by atoms with van der Waals surface area (Å²) < 4.78 is 32.5. The van der Waals surface area contributed by atoms with Gasteiger partial charge in [0.15, 0.2) is 11.6 Å². The molecule has 2 aromatic heterocycles. The highest BCUT2D eigenvalue weighted by molar-refractivity contribution is 7.90. The molecule has 0 aliphatic heterocycles. The van der Waals surface area contributed by atoms with Crippen LogP contribution in [-0.4, -0.2) is 30.7 Å². The van der Waals surface area contributed by atoms with Gasteiger partial charge in [-0.3, -0.25) is 4.79 Å². The van der Waals surface area contributed by atoms with Crippen molar-refractivity contribution < 1.29 is 22.2 Å². The number of hydrogen-bond donors (Lipinski definition) is 1. The SMILES string of the molecule is Cc1nc(C(C)(C)NC(=O)c2ccc(S(C)(=O)=O)o2)no1. The Bertz CT molecular complexity index is 772. The highest BCUT2D eigenvalue weighted by Crippen LogP contribution is 2.19. The molecule has 0 aliphatic rings. The molecule has 0 saturated heterocycles.